The number of rotatable bonds is 7. The predicted molar refractivity (Wildman–Crippen MR) is 114 cm³/mol. The largest absolute Gasteiger partial charge is 0.489 e. The Morgan fingerprint density at radius 2 is 2.07 bits per heavy atom. The number of benzene rings is 2. The molecule has 0 aliphatic rings. The summed E-state index contributed by atoms with van der Waals surface area (Å²) >= 11 is 6.17. The summed E-state index contributed by atoms with van der Waals surface area (Å²) in [6.45, 7) is 0.352. The van der Waals surface area contributed by atoms with Crippen LogP contribution in [-0.4, -0.2) is 22.3 Å². The molecular formula is C22H17ClN4O3. The standard InChI is InChI=1S/C22H17ClN4O3/c23-19-9-2-1-5-16(19)14-30-17-7-3-6-15(11-17)20-12-21(26-25-20)22(28)27-24-13-18-8-4-10-29-18/h1-13H,14H2,(H,25,26)(H,27,28). The molecule has 2 heterocycles. The van der Waals surface area contributed by atoms with Gasteiger partial charge < -0.3 is 9.15 Å². The van der Waals surface area contributed by atoms with E-state index in [9.17, 15) is 4.79 Å². The van der Waals surface area contributed by atoms with Gasteiger partial charge in [0, 0.05) is 16.1 Å². The maximum atomic E-state index is 12.2. The van der Waals surface area contributed by atoms with Crippen molar-refractivity contribution in [3.05, 3.63) is 95.0 Å². The fraction of sp³-hybridized carbons (Fsp3) is 0.0455. The van der Waals surface area contributed by atoms with Crippen molar-refractivity contribution in [3.8, 4) is 17.0 Å². The molecule has 0 aliphatic heterocycles. The average molecular weight is 421 g/mol. The van der Waals surface area contributed by atoms with Crippen molar-refractivity contribution in [1.82, 2.24) is 15.6 Å². The van der Waals surface area contributed by atoms with E-state index in [1.165, 1.54) is 12.5 Å². The summed E-state index contributed by atoms with van der Waals surface area (Å²) in [4.78, 5) is 12.2. The van der Waals surface area contributed by atoms with Crippen LogP contribution < -0.4 is 10.2 Å². The zero-order valence-corrected chi connectivity index (χ0v) is 16.5. The molecule has 2 aromatic carbocycles. The number of hydrazone groups is 1. The highest BCUT2D eigenvalue weighted by molar-refractivity contribution is 6.31. The number of aromatic amines is 1. The van der Waals surface area contributed by atoms with E-state index < -0.39 is 5.91 Å². The van der Waals surface area contributed by atoms with Crippen LogP contribution in [0.2, 0.25) is 5.02 Å². The predicted octanol–water partition coefficient (Wildman–Crippen LogP) is 4.67. The Bertz CT molecular complexity index is 1170. The smallest absolute Gasteiger partial charge is 0.289 e. The van der Waals surface area contributed by atoms with Gasteiger partial charge in [0.25, 0.3) is 5.91 Å². The number of furan rings is 1. The molecule has 0 saturated heterocycles. The van der Waals surface area contributed by atoms with Crippen molar-refractivity contribution in [2.75, 3.05) is 0 Å². The number of halogens is 1. The molecule has 4 rings (SSSR count). The maximum Gasteiger partial charge on any atom is 0.289 e. The molecule has 1 amide bonds. The number of nitrogens with zero attached hydrogens (tertiary/aromatic N) is 2. The number of carbonyl (C=O) groups is 1. The summed E-state index contributed by atoms with van der Waals surface area (Å²) in [6.07, 6.45) is 2.94. The summed E-state index contributed by atoms with van der Waals surface area (Å²) < 4.78 is 11.0. The number of nitrogens with one attached hydrogen (secondary N) is 2. The van der Waals surface area contributed by atoms with Gasteiger partial charge in [0.05, 0.1) is 18.2 Å². The van der Waals surface area contributed by atoms with Crippen LogP contribution >= 0.6 is 11.6 Å². The van der Waals surface area contributed by atoms with E-state index in [0.717, 1.165) is 11.1 Å². The van der Waals surface area contributed by atoms with Crippen LogP contribution in [0.25, 0.3) is 11.3 Å². The van der Waals surface area contributed by atoms with Gasteiger partial charge in [-0.1, -0.05) is 41.9 Å². The first kappa shape index (κ1) is 19.5. The lowest BCUT2D eigenvalue weighted by atomic mass is 10.1. The van der Waals surface area contributed by atoms with E-state index in [1.807, 2.05) is 48.5 Å². The van der Waals surface area contributed by atoms with Gasteiger partial charge in [-0.05, 0) is 36.4 Å². The van der Waals surface area contributed by atoms with Crippen LogP contribution in [0.15, 0.2) is 82.5 Å². The average Bonchev–Trinajstić information content (AvgIpc) is 3.46. The quantitative estimate of drug-likeness (QED) is 0.336. The normalized spacial score (nSPS) is 11.0. The third-order valence-electron chi connectivity index (χ3n) is 4.21. The van der Waals surface area contributed by atoms with E-state index in [4.69, 9.17) is 20.8 Å². The number of hydrogen-bond donors (Lipinski definition) is 2. The zero-order chi connectivity index (χ0) is 20.8. The molecule has 0 fully saturated rings. The Balaban J connectivity index is 1.41. The van der Waals surface area contributed by atoms with E-state index in [1.54, 1.807) is 18.2 Å². The van der Waals surface area contributed by atoms with Crippen molar-refractivity contribution in [1.29, 1.82) is 0 Å². The molecule has 0 bridgehead atoms. The minimum Gasteiger partial charge on any atom is -0.489 e. The van der Waals surface area contributed by atoms with E-state index in [-0.39, 0.29) is 5.69 Å². The molecule has 30 heavy (non-hydrogen) atoms. The topological polar surface area (TPSA) is 92.5 Å². The summed E-state index contributed by atoms with van der Waals surface area (Å²) in [5.41, 5.74) is 5.02. The Morgan fingerprint density at radius 3 is 2.90 bits per heavy atom. The fourth-order valence-electron chi connectivity index (χ4n) is 2.69. The number of carbonyl (C=O) groups excluding carboxylic acids is 1. The van der Waals surface area contributed by atoms with E-state index >= 15 is 0 Å². The fourth-order valence-corrected chi connectivity index (χ4v) is 2.88. The van der Waals surface area contributed by atoms with Crippen molar-refractivity contribution >= 4 is 23.7 Å². The molecule has 0 atom stereocenters. The highest BCUT2D eigenvalue weighted by Crippen LogP contribution is 2.24. The summed E-state index contributed by atoms with van der Waals surface area (Å²) in [6, 6.07) is 20.1. The SMILES string of the molecule is O=C(NN=Cc1ccco1)c1cc(-c2cccc(OCc3ccccc3Cl)c2)n[nH]1. The molecule has 0 spiro atoms. The first-order chi connectivity index (χ1) is 14.7. The number of hydrogen-bond acceptors (Lipinski definition) is 5. The highest BCUT2D eigenvalue weighted by Gasteiger charge is 2.11. The molecule has 7 nitrogen and oxygen atoms in total. The first-order valence-corrected chi connectivity index (χ1v) is 9.46. The van der Waals surface area contributed by atoms with E-state index in [2.05, 4.69) is 20.7 Å². The zero-order valence-electron chi connectivity index (χ0n) is 15.7. The lowest BCUT2D eigenvalue weighted by molar-refractivity contribution is 0.0950. The molecule has 0 saturated carbocycles. The lowest BCUT2D eigenvalue weighted by Gasteiger charge is -2.08. The minimum absolute atomic E-state index is 0.281. The number of amides is 1. The van der Waals surface area contributed by atoms with Crippen molar-refractivity contribution < 1.29 is 13.9 Å². The molecule has 2 aromatic heterocycles. The Hall–Kier alpha value is -3.84. The van der Waals surface area contributed by atoms with Crippen LogP contribution in [0.1, 0.15) is 21.8 Å². The van der Waals surface area contributed by atoms with Crippen LogP contribution in [0.4, 0.5) is 0 Å². The molecule has 4 aromatic rings. The first-order valence-electron chi connectivity index (χ1n) is 9.08. The van der Waals surface area contributed by atoms with Gasteiger partial charge in [0.2, 0.25) is 0 Å². The van der Waals surface area contributed by atoms with Crippen molar-refractivity contribution in [2.24, 2.45) is 5.10 Å². The van der Waals surface area contributed by atoms with E-state index in [0.29, 0.717) is 28.8 Å². The summed E-state index contributed by atoms with van der Waals surface area (Å²) in [5.74, 6) is 0.793. The van der Waals surface area contributed by atoms with Crippen molar-refractivity contribution in [3.63, 3.8) is 0 Å². The lowest BCUT2D eigenvalue weighted by Crippen LogP contribution is -2.17. The Morgan fingerprint density at radius 1 is 1.17 bits per heavy atom. The highest BCUT2D eigenvalue weighted by atomic mass is 35.5. The van der Waals surface area contributed by atoms with Crippen LogP contribution in [0.5, 0.6) is 5.75 Å². The van der Waals surface area contributed by atoms with Gasteiger partial charge in [-0.3, -0.25) is 9.89 Å². The summed E-state index contributed by atoms with van der Waals surface area (Å²) in [5, 5.41) is 11.4. The number of H-pyrrole nitrogens is 1. The second kappa shape index (κ2) is 9.11. The van der Waals surface area contributed by atoms with Crippen LogP contribution in [-0.2, 0) is 6.61 Å². The van der Waals surface area contributed by atoms with Gasteiger partial charge in [-0.25, -0.2) is 5.43 Å². The van der Waals surface area contributed by atoms with Crippen LogP contribution in [0, 0.1) is 0 Å². The molecule has 0 unspecified atom stereocenters. The molecule has 8 heteroatoms. The minimum atomic E-state index is -0.414. The molecule has 150 valence electrons. The Kier molecular flexibility index (Phi) is 5.91. The molecule has 0 aliphatic carbocycles. The maximum absolute atomic E-state index is 12.2. The van der Waals surface area contributed by atoms with Gasteiger partial charge in [0.15, 0.2) is 0 Å². The van der Waals surface area contributed by atoms with Gasteiger partial charge >= 0.3 is 0 Å². The summed E-state index contributed by atoms with van der Waals surface area (Å²) in [7, 11) is 0. The van der Waals surface area contributed by atoms with Gasteiger partial charge in [0.1, 0.15) is 23.8 Å². The molecule has 0 radical (unpaired) electrons. The third-order valence-corrected chi connectivity index (χ3v) is 4.57. The van der Waals surface area contributed by atoms with Crippen molar-refractivity contribution in [2.45, 2.75) is 6.61 Å². The number of aromatic nitrogens is 2. The second-order valence-electron chi connectivity index (χ2n) is 6.29. The third kappa shape index (κ3) is 4.76. The Labute approximate surface area is 177 Å². The molecular weight excluding hydrogens is 404 g/mol. The molecule has 2 N–H and O–H groups in total. The van der Waals surface area contributed by atoms with Gasteiger partial charge in [-0.2, -0.15) is 10.2 Å². The van der Waals surface area contributed by atoms with Crippen LogP contribution in [0.3, 0.4) is 0 Å². The monoisotopic (exact) mass is 420 g/mol. The second-order valence-corrected chi connectivity index (χ2v) is 6.70. The van der Waals surface area contributed by atoms with Gasteiger partial charge in [-0.15, -0.1) is 0 Å². The number of ether oxygens (including phenoxy) is 1.